The molecular formula is C23H25F3N2O3S2. The average Bonchev–Trinajstić information content (AvgIpc) is 2.89. The van der Waals surface area contributed by atoms with Crippen molar-refractivity contribution in [1.82, 2.24) is 4.31 Å². The molecule has 10 heteroatoms. The summed E-state index contributed by atoms with van der Waals surface area (Å²) in [6.45, 7) is 1.74. The minimum atomic E-state index is -2.67. The molecule has 1 atom stereocenters. The zero-order valence-corrected chi connectivity index (χ0v) is 19.9. The topological polar surface area (TPSA) is 53.0 Å². The van der Waals surface area contributed by atoms with Gasteiger partial charge in [-0.3, -0.25) is 0 Å². The number of carboxylic acid groups (broad SMARTS) is 1. The van der Waals surface area contributed by atoms with Crippen LogP contribution < -0.4 is 9.64 Å². The first-order chi connectivity index (χ1) is 15.5. The Morgan fingerprint density at radius 1 is 1.27 bits per heavy atom. The molecule has 0 amide bonds. The maximum absolute atomic E-state index is 14.4. The van der Waals surface area contributed by atoms with E-state index < -0.39 is 24.2 Å². The lowest BCUT2D eigenvalue weighted by molar-refractivity contribution is -0.151. The molecule has 0 bridgehead atoms. The Balaban J connectivity index is 1.72. The van der Waals surface area contributed by atoms with Gasteiger partial charge in [-0.25, -0.2) is 22.3 Å². The molecule has 4 rings (SSSR count). The summed E-state index contributed by atoms with van der Waals surface area (Å²) in [5.41, 5.74) is -0.674. The summed E-state index contributed by atoms with van der Waals surface area (Å²) in [6.07, 6.45) is -0.464. The van der Waals surface area contributed by atoms with E-state index in [0.717, 1.165) is 29.7 Å². The summed E-state index contributed by atoms with van der Waals surface area (Å²) >= 11 is 2.78. The molecule has 178 valence electrons. The molecule has 1 fully saturated rings. The summed E-state index contributed by atoms with van der Waals surface area (Å²) in [6, 6.07) is 13.5. The van der Waals surface area contributed by atoms with Crippen molar-refractivity contribution in [2.45, 2.75) is 46.4 Å². The first-order valence-corrected chi connectivity index (χ1v) is 12.2. The standard InChI is InChI=1S/C23H25F3N2O3S2/c1-22(24,21(29)30)14-31-18-11-19-17(10-20(18)32-16-12-23(25,26)13-16)28(9-8-27(2)33-19)15-6-4-3-5-7-15/h3-7,10-11,16H,8-9,12-14H2,1-2H3,(H,29,30). The first-order valence-electron chi connectivity index (χ1n) is 10.5. The van der Waals surface area contributed by atoms with Crippen LogP contribution in [0.2, 0.25) is 0 Å². The largest absolute Gasteiger partial charge is 0.488 e. The van der Waals surface area contributed by atoms with Gasteiger partial charge in [-0.15, -0.1) is 11.8 Å². The van der Waals surface area contributed by atoms with Gasteiger partial charge in [0.05, 0.1) is 15.5 Å². The Labute approximate surface area is 199 Å². The third-order valence-electron chi connectivity index (χ3n) is 5.57. The molecule has 0 radical (unpaired) electrons. The predicted molar refractivity (Wildman–Crippen MR) is 125 cm³/mol. The third kappa shape index (κ3) is 5.55. The number of halogens is 3. The second kappa shape index (κ2) is 9.31. The summed E-state index contributed by atoms with van der Waals surface area (Å²) in [4.78, 5) is 14.8. The van der Waals surface area contributed by atoms with Gasteiger partial charge in [-0.05, 0) is 50.2 Å². The first kappa shape index (κ1) is 24.1. The van der Waals surface area contributed by atoms with Crippen LogP contribution >= 0.6 is 23.7 Å². The Kier molecular flexibility index (Phi) is 6.80. The predicted octanol–water partition coefficient (Wildman–Crippen LogP) is 5.86. The van der Waals surface area contributed by atoms with Gasteiger partial charge in [0.1, 0.15) is 12.4 Å². The molecular weight excluding hydrogens is 473 g/mol. The van der Waals surface area contributed by atoms with Crippen LogP contribution in [-0.2, 0) is 4.79 Å². The average molecular weight is 499 g/mol. The highest BCUT2D eigenvalue weighted by Crippen LogP contribution is 2.51. The lowest BCUT2D eigenvalue weighted by Crippen LogP contribution is -2.37. The number of para-hydroxylation sites is 1. The number of fused-ring (bicyclic) bond motifs is 1. The maximum Gasteiger partial charge on any atom is 0.344 e. The highest BCUT2D eigenvalue weighted by Gasteiger charge is 2.46. The molecule has 1 heterocycles. The quantitative estimate of drug-likeness (QED) is 0.480. The van der Waals surface area contributed by atoms with Gasteiger partial charge in [0.2, 0.25) is 11.6 Å². The minimum absolute atomic E-state index is 0.232. The number of likely N-dealkylation sites (N-methyl/N-ethyl adjacent to an activating group) is 1. The maximum atomic E-state index is 14.4. The zero-order valence-electron chi connectivity index (χ0n) is 18.3. The number of hydrogen-bond donors (Lipinski definition) is 1. The van der Waals surface area contributed by atoms with Gasteiger partial charge < -0.3 is 14.7 Å². The van der Waals surface area contributed by atoms with Crippen LogP contribution in [0.1, 0.15) is 19.8 Å². The van der Waals surface area contributed by atoms with Crippen LogP contribution in [-0.4, -0.2) is 59.0 Å². The van der Waals surface area contributed by atoms with E-state index in [0.29, 0.717) is 17.2 Å². The van der Waals surface area contributed by atoms with Crippen LogP contribution in [0, 0.1) is 0 Å². The van der Waals surface area contributed by atoms with E-state index in [4.69, 9.17) is 9.84 Å². The summed E-state index contributed by atoms with van der Waals surface area (Å²) in [7, 11) is 1.96. The van der Waals surface area contributed by atoms with E-state index in [1.165, 1.54) is 23.7 Å². The molecule has 2 aliphatic rings. The summed E-state index contributed by atoms with van der Waals surface area (Å²) < 4.78 is 49.0. The van der Waals surface area contributed by atoms with E-state index in [1.807, 2.05) is 43.4 Å². The molecule has 1 aliphatic carbocycles. The van der Waals surface area contributed by atoms with Gasteiger partial charge in [0, 0.05) is 36.9 Å². The number of carbonyl (C=O) groups is 1. The van der Waals surface area contributed by atoms with Crippen LogP contribution in [0.4, 0.5) is 24.5 Å². The lowest BCUT2D eigenvalue weighted by atomic mass is 9.94. The Morgan fingerprint density at radius 2 is 1.97 bits per heavy atom. The lowest BCUT2D eigenvalue weighted by Gasteiger charge is -2.35. The van der Waals surface area contributed by atoms with Crippen LogP contribution in [0.3, 0.4) is 0 Å². The van der Waals surface area contributed by atoms with Gasteiger partial charge >= 0.3 is 5.97 Å². The van der Waals surface area contributed by atoms with Crippen LogP contribution in [0.5, 0.6) is 5.75 Å². The van der Waals surface area contributed by atoms with Crippen molar-refractivity contribution >= 4 is 41.1 Å². The highest BCUT2D eigenvalue weighted by molar-refractivity contribution is 8.00. The molecule has 2 aromatic carbocycles. The van der Waals surface area contributed by atoms with Crippen molar-refractivity contribution in [3.63, 3.8) is 0 Å². The number of benzene rings is 2. The monoisotopic (exact) mass is 498 g/mol. The number of alkyl halides is 3. The second-order valence-corrected chi connectivity index (χ2v) is 11.1. The molecule has 1 saturated carbocycles. The Bertz CT molecular complexity index is 1020. The fourth-order valence-electron chi connectivity index (χ4n) is 3.61. The summed E-state index contributed by atoms with van der Waals surface area (Å²) in [5, 5.41) is 8.81. The highest BCUT2D eigenvalue weighted by atomic mass is 32.2. The van der Waals surface area contributed by atoms with Crippen LogP contribution in [0.25, 0.3) is 0 Å². The number of rotatable bonds is 7. The van der Waals surface area contributed by atoms with Crippen molar-refractivity contribution in [2.75, 3.05) is 31.6 Å². The number of thioether (sulfide) groups is 1. The van der Waals surface area contributed by atoms with Crippen molar-refractivity contribution in [3.05, 3.63) is 42.5 Å². The van der Waals surface area contributed by atoms with E-state index >= 15 is 0 Å². The van der Waals surface area contributed by atoms with Crippen molar-refractivity contribution in [1.29, 1.82) is 0 Å². The number of hydrogen-bond acceptors (Lipinski definition) is 6. The fourth-order valence-corrected chi connectivity index (χ4v) is 5.97. The zero-order chi connectivity index (χ0) is 23.8. The fraction of sp³-hybridized carbons (Fsp3) is 0.435. The van der Waals surface area contributed by atoms with Crippen molar-refractivity contribution in [3.8, 4) is 5.75 Å². The van der Waals surface area contributed by atoms with Gasteiger partial charge in [0.15, 0.2) is 0 Å². The van der Waals surface area contributed by atoms with Gasteiger partial charge in [-0.1, -0.05) is 18.2 Å². The summed E-state index contributed by atoms with van der Waals surface area (Å²) in [5.74, 6) is -3.98. The number of nitrogens with zero attached hydrogens (tertiary/aromatic N) is 2. The molecule has 1 unspecified atom stereocenters. The minimum Gasteiger partial charge on any atom is -0.488 e. The van der Waals surface area contributed by atoms with E-state index in [2.05, 4.69) is 9.21 Å². The van der Waals surface area contributed by atoms with Crippen molar-refractivity contribution < 1.29 is 27.8 Å². The third-order valence-corrected chi connectivity index (χ3v) is 7.83. The van der Waals surface area contributed by atoms with Crippen molar-refractivity contribution in [2.24, 2.45) is 0 Å². The number of anilines is 2. The Morgan fingerprint density at radius 3 is 2.61 bits per heavy atom. The Hall–Kier alpha value is -2.04. The number of carboxylic acids is 1. The number of aliphatic carboxylic acids is 1. The SMILES string of the molecule is CN1CCN(c2ccccc2)c2cc(SC3CC(F)(F)C3)c(OCC(C)(F)C(=O)O)cc2S1. The van der Waals surface area contributed by atoms with E-state index in [-0.39, 0.29) is 18.1 Å². The van der Waals surface area contributed by atoms with E-state index in [9.17, 15) is 18.0 Å². The molecule has 0 spiro atoms. The molecule has 0 saturated heterocycles. The molecule has 5 nitrogen and oxygen atoms in total. The normalized spacial score (nSPS) is 20.3. The molecule has 33 heavy (non-hydrogen) atoms. The van der Waals surface area contributed by atoms with Gasteiger partial charge in [-0.2, -0.15) is 0 Å². The number of ether oxygens (including phenoxy) is 1. The smallest absolute Gasteiger partial charge is 0.344 e. The molecule has 0 aromatic heterocycles. The molecule has 1 N–H and O–H groups in total. The molecule has 1 aliphatic heterocycles. The molecule has 2 aromatic rings. The second-order valence-electron chi connectivity index (χ2n) is 8.49. The van der Waals surface area contributed by atoms with E-state index in [1.54, 1.807) is 6.07 Å². The van der Waals surface area contributed by atoms with Gasteiger partial charge in [0.25, 0.3) is 0 Å². The van der Waals surface area contributed by atoms with Crippen LogP contribution in [0.15, 0.2) is 52.3 Å².